The molecular weight excluding hydrogens is 272 g/mol. The van der Waals surface area contributed by atoms with Gasteiger partial charge in [-0.2, -0.15) is 0 Å². The molecule has 0 fully saturated rings. The lowest BCUT2D eigenvalue weighted by molar-refractivity contribution is -0.143. The predicted molar refractivity (Wildman–Crippen MR) is 69.0 cm³/mol. The molecule has 7 heteroatoms. The van der Waals surface area contributed by atoms with Gasteiger partial charge >= 0.3 is 5.97 Å². The summed E-state index contributed by atoms with van der Waals surface area (Å²) in [6.07, 6.45) is 0.626. The molecule has 0 saturated carbocycles. The molecular formula is C12H15ClN2O4. The molecule has 1 aromatic rings. The summed E-state index contributed by atoms with van der Waals surface area (Å²) in [5.74, 6) is -1.24. The Morgan fingerprint density at radius 2 is 2.21 bits per heavy atom. The molecule has 1 amide bonds. The second kappa shape index (κ2) is 7.06. The topological polar surface area (TPSA) is 88.5 Å². The fraction of sp³-hybridized carbons (Fsp3) is 0.417. The van der Waals surface area contributed by atoms with Crippen molar-refractivity contribution < 1.29 is 19.4 Å². The van der Waals surface area contributed by atoms with E-state index in [9.17, 15) is 9.59 Å². The largest absolute Gasteiger partial charge is 0.467 e. The Bertz CT molecular complexity index is 479. The summed E-state index contributed by atoms with van der Waals surface area (Å²) < 4.78 is 4.46. The highest BCUT2D eigenvalue weighted by Crippen LogP contribution is 2.11. The number of aliphatic hydroxyl groups excluding tert-OH is 1. The number of aryl methyl sites for hydroxylation is 1. The van der Waals surface area contributed by atoms with Crippen molar-refractivity contribution in [2.75, 3.05) is 13.7 Å². The van der Waals surface area contributed by atoms with Crippen molar-refractivity contribution in [1.29, 1.82) is 0 Å². The summed E-state index contributed by atoms with van der Waals surface area (Å²) in [4.78, 5) is 27.2. The van der Waals surface area contributed by atoms with Gasteiger partial charge in [-0.3, -0.25) is 4.79 Å². The van der Waals surface area contributed by atoms with E-state index in [0.717, 1.165) is 0 Å². The summed E-state index contributed by atoms with van der Waals surface area (Å²) in [7, 11) is 1.18. The fourth-order valence-corrected chi connectivity index (χ4v) is 1.65. The van der Waals surface area contributed by atoms with Gasteiger partial charge in [-0.1, -0.05) is 18.5 Å². The van der Waals surface area contributed by atoms with E-state index in [-0.39, 0.29) is 10.7 Å². The lowest BCUT2D eigenvalue weighted by atomic mass is 10.2. The number of aromatic nitrogens is 1. The smallest absolute Gasteiger partial charge is 0.330 e. The monoisotopic (exact) mass is 286 g/mol. The first-order valence-corrected chi connectivity index (χ1v) is 6.05. The highest BCUT2D eigenvalue weighted by atomic mass is 35.5. The van der Waals surface area contributed by atoms with Gasteiger partial charge in [-0.05, 0) is 18.6 Å². The number of carbonyl (C=O) groups is 2. The van der Waals surface area contributed by atoms with E-state index in [2.05, 4.69) is 15.0 Å². The van der Waals surface area contributed by atoms with Crippen LogP contribution >= 0.6 is 11.6 Å². The average Bonchev–Trinajstić information content (AvgIpc) is 2.42. The van der Waals surface area contributed by atoms with Gasteiger partial charge in [0.15, 0.2) is 6.04 Å². The first kappa shape index (κ1) is 15.4. The van der Waals surface area contributed by atoms with Crippen LogP contribution in [0.25, 0.3) is 0 Å². The van der Waals surface area contributed by atoms with Crippen LogP contribution in [0.1, 0.15) is 23.0 Å². The molecule has 1 heterocycles. The van der Waals surface area contributed by atoms with E-state index >= 15 is 0 Å². The molecule has 1 atom stereocenters. The molecule has 0 aliphatic heterocycles. The highest BCUT2D eigenvalue weighted by Gasteiger charge is 2.21. The molecule has 0 saturated heterocycles. The number of hydrogen-bond donors (Lipinski definition) is 2. The van der Waals surface area contributed by atoms with Crippen LogP contribution in [-0.2, 0) is 16.0 Å². The van der Waals surface area contributed by atoms with Crippen LogP contribution in [0.5, 0.6) is 0 Å². The lowest BCUT2D eigenvalue weighted by Crippen LogP contribution is -2.44. The molecule has 104 valence electrons. The van der Waals surface area contributed by atoms with Crippen LogP contribution in [0.15, 0.2) is 12.1 Å². The number of amides is 1. The Morgan fingerprint density at radius 1 is 1.53 bits per heavy atom. The summed E-state index contributed by atoms with van der Waals surface area (Å²) >= 11 is 5.80. The molecule has 2 N–H and O–H groups in total. The molecule has 0 aliphatic carbocycles. The number of aliphatic hydroxyl groups is 1. The highest BCUT2D eigenvalue weighted by molar-refractivity contribution is 6.29. The minimum absolute atomic E-state index is 0.197. The first-order chi connectivity index (χ1) is 9.01. The minimum atomic E-state index is -1.10. The van der Waals surface area contributed by atoms with Gasteiger partial charge in [0.1, 0.15) is 5.15 Å². The molecule has 0 bridgehead atoms. The molecule has 1 unspecified atom stereocenters. The molecule has 0 aromatic carbocycles. The molecule has 1 rings (SSSR count). The van der Waals surface area contributed by atoms with Gasteiger partial charge in [0.25, 0.3) is 5.91 Å². The van der Waals surface area contributed by atoms with Crippen LogP contribution in [0.3, 0.4) is 0 Å². The molecule has 19 heavy (non-hydrogen) atoms. The SMILES string of the molecule is CCc1cc(C(=O)NC(CO)C(=O)OC)cc(Cl)n1. The van der Waals surface area contributed by atoms with Crippen molar-refractivity contribution >= 4 is 23.5 Å². The Balaban J connectivity index is 2.88. The summed E-state index contributed by atoms with van der Waals surface area (Å²) in [5.41, 5.74) is 0.940. The van der Waals surface area contributed by atoms with E-state index in [0.29, 0.717) is 12.1 Å². The van der Waals surface area contributed by atoms with Gasteiger partial charge in [0.05, 0.1) is 13.7 Å². The van der Waals surface area contributed by atoms with Crippen molar-refractivity contribution in [2.45, 2.75) is 19.4 Å². The first-order valence-electron chi connectivity index (χ1n) is 5.67. The van der Waals surface area contributed by atoms with E-state index < -0.39 is 24.5 Å². The maximum atomic E-state index is 11.9. The number of pyridine rings is 1. The lowest BCUT2D eigenvalue weighted by Gasteiger charge is -2.14. The summed E-state index contributed by atoms with van der Waals surface area (Å²) in [5, 5.41) is 11.6. The molecule has 6 nitrogen and oxygen atoms in total. The number of nitrogens with zero attached hydrogens (tertiary/aromatic N) is 1. The number of methoxy groups -OCH3 is 1. The van der Waals surface area contributed by atoms with Crippen molar-refractivity contribution in [2.24, 2.45) is 0 Å². The zero-order valence-corrected chi connectivity index (χ0v) is 11.4. The zero-order chi connectivity index (χ0) is 14.4. The van der Waals surface area contributed by atoms with Crippen LogP contribution in [0, 0.1) is 0 Å². The third-order valence-corrected chi connectivity index (χ3v) is 2.64. The summed E-state index contributed by atoms with van der Waals surface area (Å²) in [6.45, 7) is 1.34. The Kier molecular flexibility index (Phi) is 5.72. The third kappa shape index (κ3) is 4.18. The maximum Gasteiger partial charge on any atom is 0.330 e. The van der Waals surface area contributed by atoms with Gasteiger partial charge in [0.2, 0.25) is 0 Å². The third-order valence-electron chi connectivity index (χ3n) is 2.45. The molecule has 1 aromatic heterocycles. The molecule has 0 aliphatic rings. The number of halogens is 1. The normalized spacial score (nSPS) is 11.8. The number of carbonyl (C=O) groups excluding carboxylic acids is 2. The van der Waals surface area contributed by atoms with Crippen LogP contribution in [0.4, 0.5) is 0 Å². The zero-order valence-electron chi connectivity index (χ0n) is 10.6. The van der Waals surface area contributed by atoms with Crippen molar-refractivity contribution in [3.05, 3.63) is 28.5 Å². The second-order valence-corrected chi connectivity index (χ2v) is 4.14. The predicted octanol–water partition coefficient (Wildman–Crippen LogP) is 0.561. The number of nitrogens with one attached hydrogen (secondary N) is 1. The van der Waals surface area contributed by atoms with Gasteiger partial charge in [0, 0.05) is 11.3 Å². The minimum Gasteiger partial charge on any atom is -0.467 e. The number of esters is 1. The average molecular weight is 287 g/mol. The molecule has 0 spiro atoms. The van der Waals surface area contributed by atoms with E-state index in [1.54, 1.807) is 6.07 Å². The number of hydrogen-bond acceptors (Lipinski definition) is 5. The van der Waals surface area contributed by atoms with Crippen LogP contribution in [-0.4, -0.2) is 41.7 Å². The number of ether oxygens (including phenoxy) is 1. The maximum absolute atomic E-state index is 11.9. The summed E-state index contributed by atoms with van der Waals surface area (Å²) in [6, 6.07) is 1.86. The standard InChI is InChI=1S/C12H15ClN2O4/c1-3-8-4-7(5-10(13)14-8)11(17)15-9(6-16)12(18)19-2/h4-5,9,16H,3,6H2,1-2H3,(H,15,17). The van der Waals surface area contributed by atoms with Crippen molar-refractivity contribution in [1.82, 2.24) is 10.3 Å². The van der Waals surface area contributed by atoms with E-state index in [1.165, 1.54) is 13.2 Å². The van der Waals surface area contributed by atoms with Gasteiger partial charge in [-0.15, -0.1) is 0 Å². The Morgan fingerprint density at radius 3 is 2.74 bits per heavy atom. The fourth-order valence-electron chi connectivity index (χ4n) is 1.43. The van der Waals surface area contributed by atoms with Crippen LogP contribution in [0.2, 0.25) is 5.15 Å². The number of rotatable bonds is 5. The van der Waals surface area contributed by atoms with Crippen molar-refractivity contribution in [3.8, 4) is 0 Å². The van der Waals surface area contributed by atoms with E-state index in [4.69, 9.17) is 16.7 Å². The Hall–Kier alpha value is -1.66. The molecule has 0 radical (unpaired) electrons. The van der Waals surface area contributed by atoms with E-state index in [1.807, 2.05) is 6.92 Å². The van der Waals surface area contributed by atoms with Crippen molar-refractivity contribution in [3.63, 3.8) is 0 Å². The van der Waals surface area contributed by atoms with Gasteiger partial charge in [-0.25, -0.2) is 9.78 Å². The quantitative estimate of drug-likeness (QED) is 0.610. The van der Waals surface area contributed by atoms with Gasteiger partial charge < -0.3 is 15.2 Å². The Labute approximate surface area is 115 Å². The second-order valence-electron chi connectivity index (χ2n) is 3.76. The van der Waals surface area contributed by atoms with Crippen LogP contribution < -0.4 is 5.32 Å².